The van der Waals surface area contributed by atoms with Crippen LogP contribution in [0.1, 0.15) is 31.7 Å². The number of hydrogen-bond acceptors (Lipinski definition) is 2. The molecule has 1 fully saturated rings. The zero-order valence-corrected chi connectivity index (χ0v) is 11.6. The molecule has 20 heavy (non-hydrogen) atoms. The third-order valence-corrected chi connectivity index (χ3v) is 3.39. The average molecular weight is 276 g/mol. The zero-order valence-electron chi connectivity index (χ0n) is 11.6. The van der Waals surface area contributed by atoms with E-state index in [1.54, 1.807) is 0 Å². The highest BCUT2D eigenvalue weighted by molar-refractivity contribution is 5.89. The molecule has 0 bridgehead atoms. The number of nitrogens with one attached hydrogen (secondary N) is 1. The van der Waals surface area contributed by atoms with Crippen LogP contribution in [0.2, 0.25) is 0 Å². The van der Waals surface area contributed by atoms with Crippen molar-refractivity contribution < 1.29 is 14.7 Å². The van der Waals surface area contributed by atoms with E-state index < -0.39 is 5.97 Å². The summed E-state index contributed by atoms with van der Waals surface area (Å²) in [5.74, 6) is -0.815. The van der Waals surface area contributed by atoms with Gasteiger partial charge in [0.15, 0.2) is 0 Å². The number of anilines is 1. The molecule has 1 saturated carbocycles. The SMILES string of the molecule is CCN(C(=O)Nc1cccc(CCC(=O)O)c1)C1CC1. The van der Waals surface area contributed by atoms with Crippen molar-refractivity contribution in [2.45, 2.75) is 38.6 Å². The Morgan fingerprint density at radius 3 is 2.75 bits per heavy atom. The maximum atomic E-state index is 12.1. The molecule has 0 unspecified atom stereocenters. The number of benzene rings is 1. The van der Waals surface area contributed by atoms with Crippen molar-refractivity contribution in [1.82, 2.24) is 4.90 Å². The molecule has 1 aromatic carbocycles. The second kappa shape index (κ2) is 6.41. The molecule has 1 aliphatic carbocycles. The summed E-state index contributed by atoms with van der Waals surface area (Å²) in [5.41, 5.74) is 1.64. The summed E-state index contributed by atoms with van der Waals surface area (Å²) < 4.78 is 0. The largest absolute Gasteiger partial charge is 0.481 e. The van der Waals surface area contributed by atoms with E-state index in [9.17, 15) is 9.59 Å². The van der Waals surface area contributed by atoms with E-state index in [4.69, 9.17) is 5.11 Å². The minimum atomic E-state index is -0.815. The smallest absolute Gasteiger partial charge is 0.322 e. The molecule has 5 nitrogen and oxygen atoms in total. The number of carboxylic acids is 1. The van der Waals surface area contributed by atoms with Gasteiger partial charge >= 0.3 is 12.0 Å². The number of urea groups is 1. The van der Waals surface area contributed by atoms with Gasteiger partial charge in [0, 0.05) is 24.7 Å². The van der Waals surface area contributed by atoms with Crippen molar-refractivity contribution in [3.8, 4) is 0 Å². The van der Waals surface area contributed by atoms with Gasteiger partial charge in [-0.2, -0.15) is 0 Å². The maximum absolute atomic E-state index is 12.1. The molecule has 2 N–H and O–H groups in total. The van der Waals surface area contributed by atoms with Crippen LogP contribution in [0, 0.1) is 0 Å². The van der Waals surface area contributed by atoms with E-state index in [1.807, 2.05) is 36.1 Å². The molecule has 2 rings (SSSR count). The van der Waals surface area contributed by atoms with Gasteiger partial charge in [-0.3, -0.25) is 4.79 Å². The van der Waals surface area contributed by atoms with E-state index in [1.165, 1.54) is 0 Å². The molecule has 1 aliphatic rings. The van der Waals surface area contributed by atoms with Gasteiger partial charge in [0.2, 0.25) is 0 Å². The van der Waals surface area contributed by atoms with Crippen LogP contribution in [-0.2, 0) is 11.2 Å². The summed E-state index contributed by atoms with van der Waals surface area (Å²) in [6, 6.07) is 7.67. The average Bonchev–Trinajstić information content (AvgIpc) is 3.22. The summed E-state index contributed by atoms with van der Waals surface area (Å²) in [4.78, 5) is 24.5. The molecule has 2 amide bonds. The first-order valence-corrected chi connectivity index (χ1v) is 6.98. The Labute approximate surface area is 118 Å². The number of carboxylic acid groups (broad SMARTS) is 1. The number of hydrogen-bond donors (Lipinski definition) is 2. The highest BCUT2D eigenvalue weighted by Gasteiger charge is 2.31. The van der Waals surface area contributed by atoms with E-state index in [0.29, 0.717) is 19.0 Å². The van der Waals surface area contributed by atoms with Crippen LogP contribution >= 0.6 is 0 Å². The molecule has 0 aliphatic heterocycles. The topological polar surface area (TPSA) is 69.6 Å². The van der Waals surface area contributed by atoms with Gasteiger partial charge in [-0.15, -0.1) is 0 Å². The molecule has 0 heterocycles. The van der Waals surface area contributed by atoms with Gasteiger partial charge in [-0.05, 0) is 43.9 Å². The van der Waals surface area contributed by atoms with Gasteiger partial charge in [-0.1, -0.05) is 12.1 Å². The van der Waals surface area contributed by atoms with Crippen LogP contribution in [-0.4, -0.2) is 34.6 Å². The number of carbonyl (C=O) groups excluding carboxylic acids is 1. The molecule has 0 spiro atoms. The standard InChI is InChI=1S/C15H20N2O3/c1-2-17(13-7-8-13)15(20)16-12-5-3-4-11(10-12)6-9-14(18)19/h3-5,10,13H,2,6-9H2,1H3,(H,16,20)(H,18,19). The first-order chi connectivity index (χ1) is 9.60. The Bertz CT molecular complexity index is 498. The number of amides is 2. The summed E-state index contributed by atoms with van der Waals surface area (Å²) in [5, 5.41) is 11.6. The molecule has 108 valence electrons. The van der Waals surface area contributed by atoms with Crippen LogP contribution in [0.3, 0.4) is 0 Å². The van der Waals surface area contributed by atoms with Crippen LogP contribution in [0.4, 0.5) is 10.5 Å². The van der Waals surface area contributed by atoms with E-state index in [-0.39, 0.29) is 12.5 Å². The molecule has 0 saturated heterocycles. The molecule has 0 aromatic heterocycles. The van der Waals surface area contributed by atoms with Crippen LogP contribution in [0.5, 0.6) is 0 Å². The zero-order chi connectivity index (χ0) is 14.5. The van der Waals surface area contributed by atoms with Crippen LogP contribution in [0.15, 0.2) is 24.3 Å². The maximum Gasteiger partial charge on any atom is 0.322 e. The van der Waals surface area contributed by atoms with Gasteiger partial charge in [0.25, 0.3) is 0 Å². The van der Waals surface area contributed by atoms with Gasteiger partial charge in [0.1, 0.15) is 0 Å². The Morgan fingerprint density at radius 2 is 2.15 bits per heavy atom. The number of rotatable bonds is 6. The quantitative estimate of drug-likeness (QED) is 0.839. The van der Waals surface area contributed by atoms with Crippen LogP contribution < -0.4 is 5.32 Å². The van der Waals surface area contributed by atoms with Crippen LogP contribution in [0.25, 0.3) is 0 Å². The highest BCUT2D eigenvalue weighted by Crippen LogP contribution is 2.27. The molecular formula is C15H20N2O3. The first-order valence-electron chi connectivity index (χ1n) is 6.98. The second-order valence-corrected chi connectivity index (χ2v) is 5.04. The predicted molar refractivity (Wildman–Crippen MR) is 76.8 cm³/mol. The third-order valence-electron chi connectivity index (χ3n) is 3.39. The molecule has 0 atom stereocenters. The fourth-order valence-corrected chi connectivity index (χ4v) is 2.20. The fourth-order valence-electron chi connectivity index (χ4n) is 2.20. The lowest BCUT2D eigenvalue weighted by molar-refractivity contribution is -0.136. The van der Waals surface area contributed by atoms with E-state index in [0.717, 1.165) is 24.1 Å². The van der Waals surface area contributed by atoms with Gasteiger partial charge in [-0.25, -0.2) is 4.79 Å². The molecule has 5 heteroatoms. The Kier molecular flexibility index (Phi) is 4.61. The summed E-state index contributed by atoms with van der Waals surface area (Å²) in [6.45, 7) is 2.68. The lowest BCUT2D eigenvalue weighted by Gasteiger charge is -2.21. The predicted octanol–water partition coefficient (Wildman–Crippen LogP) is 2.72. The van der Waals surface area contributed by atoms with Gasteiger partial charge in [0.05, 0.1) is 0 Å². The Morgan fingerprint density at radius 1 is 1.40 bits per heavy atom. The van der Waals surface area contributed by atoms with Crippen molar-refractivity contribution in [3.63, 3.8) is 0 Å². The van der Waals surface area contributed by atoms with Crippen molar-refractivity contribution in [1.29, 1.82) is 0 Å². The Balaban J connectivity index is 1.96. The summed E-state index contributed by atoms with van der Waals surface area (Å²) in [6.07, 6.45) is 2.74. The van der Waals surface area contributed by atoms with Crippen molar-refractivity contribution >= 4 is 17.7 Å². The molecule has 1 aromatic rings. The number of aryl methyl sites for hydroxylation is 1. The lowest BCUT2D eigenvalue weighted by Crippen LogP contribution is -2.36. The fraction of sp³-hybridized carbons (Fsp3) is 0.467. The highest BCUT2D eigenvalue weighted by atomic mass is 16.4. The minimum Gasteiger partial charge on any atom is -0.481 e. The summed E-state index contributed by atoms with van der Waals surface area (Å²) in [7, 11) is 0. The third kappa shape index (κ3) is 3.98. The molecule has 0 radical (unpaired) electrons. The number of aliphatic carboxylic acids is 1. The molecular weight excluding hydrogens is 256 g/mol. The monoisotopic (exact) mass is 276 g/mol. The number of carbonyl (C=O) groups is 2. The second-order valence-electron chi connectivity index (χ2n) is 5.04. The van der Waals surface area contributed by atoms with Crippen molar-refractivity contribution in [3.05, 3.63) is 29.8 Å². The first kappa shape index (κ1) is 14.4. The Hall–Kier alpha value is -2.04. The van der Waals surface area contributed by atoms with Crippen molar-refractivity contribution in [2.75, 3.05) is 11.9 Å². The van der Waals surface area contributed by atoms with Gasteiger partial charge < -0.3 is 15.3 Å². The van der Waals surface area contributed by atoms with E-state index in [2.05, 4.69) is 5.32 Å². The summed E-state index contributed by atoms with van der Waals surface area (Å²) >= 11 is 0. The lowest BCUT2D eigenvalue weighted by atomic mass is 10.1. The van der Waals surface area contributed by atoms with E-state index >= 15 is 0 Å². The normalized spacial score (nSPS) is 13.8. The number of nitrogens with zero attached hydrogens (tertiary/aromatic N) is 1. The minimum absolute atomic E-state index is 0.0783. The van der Waals surface area contributed by atoms with Crippen molar-refractivity contribution in [2.24, 2.45) is 0 Å².